The lowest BCUT2D eigenvalue weighted by Gasteiger charge is -2.25. The van der Waals surface area contributed by atoms with Crippen molar-refractivity contribution >= 4 is 26.6 Å². The van der Waals surface area contributed by atoms with E-state index in [1.165, 1.54) is 35.4 Å². The lowest BCUT2D eigenvalue weighted by molar-refractivity contribution is -0.131. The number of carbonyl (C=O) groups is 1. The molecule has 3 atom stereocenters. The molecule has 3 rings (SSSR count). The van der Waals surface area contributed by atoms with Crippen LogP contribution >= 0.6 is 0 Å². The molecule has 0 radical (unpaired) electrons. The first-order chi connectivity index (χ1) is 14.6. The first-order valence-electron chi connectivity index (χ1n) is 9.52. The Balaban J connectivity index is 1.80. The van der Waals surface area contributed by atoms with Gasteiger partial charge < -0.3 is 5.11 Å². The number of nitrogens with one attached hydrogen (secondary N) is 1. The van der Waals surface area contributed by atoms with Gasteiger partial charge in [0.25, 0.3) is 5.91 Å². The van der Waals surface area contributed by atoms with Crippen molar-refractivity contribution in [3.63, 3.8) is 0 Å². The molecule has 0 spiro atoms. The van der Waals surface area contributed by atoms with E-state index < -0.39 is 26.3 Å². The van der Waals surface area contributed by atoms with Crippen LogP contribution in [0.2, 0.25) is 0 Å². The molecule has 10 heteroatoms. The highest BCUT2D eigenvalue weighted by Gasteiger charge is 2.43. The summed E-state index contributed by atoms with van der Waals surface area (Å²) in [6.07, 6.45) is 3.07. The second-order valence-electron chi connectivity index (χ2n) is 7.76. The lowest BCUT2D eigenvalue weighted by Crippen LogP contribution is -2.49. The van der Waals surface area contributed by atoms with Crippen LogP contribution in [0.1, 0.15) is 25.3 Å². The van der Waals surface area contributed by atoms with Crippen LogP contribution in [0.25, 0.3) is 10.9 Å². The molecule has 1 heterocycles. The molecule has 0 aliphatic heterocycles. The molecule has 1 amide bonds. The highest BCUT2D eigenvalue weighted by Crippen LogP contribution is 2.36. The topological polar surface area (TPSA) is 122 Å². The largest absolute Gasteiger partial charge is 0.396 e. The van der Waals surface area contributed by atoms with E-state index in [1.807, 2.05) is 0 Å². The molecule has 8 nitrogen and oxygen atoms in total. The summed E-state index contributed by atoms with van der Waals surface area (Å²) in [6.45, 7) is 1.32. The van der Waals surface area contributed by atoms with E-state index in [9.17, 15) is 17.6 Å². The van der Waals surface area contributed by atoms with Gasteiger partial charge in [0, 0.05) is 36.8 Å². The summed E-state index contributed by atoms with van der Waals surface area (Å²) >= 11 is 0. The van der Waals surface area contributed by atoms with Crippen LogP contribution in [0.3, 0.4) is 0 Å². The normalized spacial score (nSPS) is 19.5. The third-order valence-electron chi connectivity index (χ3n) is 5.61. The summed E-state index contributed by atoms with van der Waals surface area (Å²) in [5.41, 5.74) is 1.95. The van der Waals surface area contributed by atoms with Gasteiger partial charge in [-0.25, -0.2) is 18.3 Å². The van der Waals surface area contributed by atoms with Gasteiger partial charge in [0.05, 0.1) is 17.3 Å². The number of hydrogen-bond acceptors (Lipinski definition) is 6. The molecule has 0 saturated heterocycles. The maximum absolute atomic E-state index is 14.5. The minimum atomic E-state index is -3.85. The van der Waals surface area contributed by atoms with Gasteiger partial charge in [-0.05, 0) is 49.5 Å². The van der Waals surface area contributed by atoms with Gasteiger partial charge in [-0.15, -0.1) is 0 Å². The molecule has 31 heavy (non-hydrogen) atoms. The quantitative estimate of drug-likeness (QED) is 0.343. The van der Waals surface area contributed by atoms with E-state index in [-0.39, 0.29) is 37.0 Å². The van der Waals surface area contributed by atoms with Crippen LogP contribution in [0.15, 0.2) is 18.3 Å². The van der Waals surface area contributed by atoms with E-state index >= 15 is 0 Å². The van der Waals surface area contributed by atoms with E-state index in [4.69, 9.17) is 10.3 Å². The van der Waals surface area contributed by atoms with E-state index in [0.717, 1.165) is 12.7 Å². The summed E-state index contributed by atoms with van der Waals surface area (Å²) in [5, 5.41) is 22.6. The van der Waals surface area contributed by atoms with Gasteiger partial charge in [0.15, 0.2) is 14.6 Å². The fourth-order valence-corrected chi connectivity index (χ4v) is 3.98. The average molecular weight is 447 g/mol. The Morgan fingerprint density at radius 2 is 2.16 bits per heavy atom. The Bertz CT molecular complexity index is 1250. The van der Waals surface area contributed by atoms with Crippen LogP contribution in [0, 0.1) is 41.3 Å². The van der Waals surface area contributed by atoms with Crippen molar-refractivity contribution in [3.05, 3.63) is 29.7 Å². The molecule has 2 aromatic rings. The molecule has 1 fully saturated rings. The van der Waals surface area contributed by atoms with Crippen LogP contribution in [0.4, 0.5) is 4.39 Å². The minimum Gasteiger partial charge on any atom is -0.396 e. The fourth-order valence-electron chi connectivity index (χ4n) is 3.13. The average Bonchev–Trinajstić information content (AvgIpc) is 3.39. The van der Waals surface area contributed by atoms with Gasteiger partial charge in [0.2, 0.25) is 0 Å². The van der Waals surface area contributed by atoms with Crippen molar-refractivity contribution in [2.75, 3.05) is 12.9 Å². The standard InChI is InChI=1S/C21H22FN3O5S/c1-21(20(27)24-28,31(2,29)30)7-8-25-19-11-18(22)15(10-16(19)12-23-25)6-4-3-5-14-9-17(14)13-26/h10-12,14,17,26,28H,7-9,13H2,1-2H3,(H,24,27)/t14-,17+,21?/m0/s1. The van der Waals surface area contributed by atoms with Gasteiger partial charge in [-0.3, -0.25) is 14.7 Å². The molecule has 1 aromatic carbocycles. The van der Waals surface area contributed by atoms with Crippen molar-refractivity contribution in [2.24, 2.45) is 11.8 Å². The number of hydroxylamine groups is 1. The Morgan fingerprint density at radius 1 is 1.42 bits per heavy atom. The van der Waals surface area contributed by atoms with E-state index in [1.54, 1.807) is 0 Å². The number of halogens is 1. The predicted molar refractivity (Wildman–Crippen MR) is 111 cm³/mol. The van der Waals surface area contributed by atoms with Crippen molar-refractivity contribution in [2.45, 2.75) is 31.1 Å². The fraction of sp³-hybridized carbons (Fsp3) is 0.429. The SMILES string of the molecule is CC(CCn1ncc2cc(C#CC#C[C@H]3C[C@@H]3CO)c(F)cc21)(C(=O)NO)S(C)(=O)=O. The summed E-state index contributed by atoms with van der Waals surface area (Å²) in [5.74, 6) is 9.62. The number of rotatable bonds is 6. The third-order valence-corrected chi connectivity index (χ3v) is 7.63. The van der Waals surface area contributed by atoms with E-state index in [0.29, 0.717) is 10.9 Å². The molecular formula is C21H22FN3O5S. The number of aliphatic hydroxyl groups is 1. The zero-order chi connectivity index (χ0) is 22.8. The van der Waals surface area contributed by atoms with Gasteiger partial charge in [0.1, 0.15) is 5.82 Å². The Hall–Kier alpha value is -2.92. The molecule has 1 unspecified atom stereocenters. The zero-order valence-corrected chi connectivity index (χ0v) is 17.8. The van der Waals surface area contributed by atoms with Crippen LogP contribution in [-0.2, 0) is 21.2 Å². The van der Waals surface area contributed by atoms with Crippen molar-refractivity contribution in [1.29, 1.82) is 0 Å². The number of hydrogen-bond donors (Lipinski definition) is 3. The summed E-state index contributed by atoms with van der Waals surface area (Å²) in [6, 6.07) is 2.76. The third kappa shape index (κ3) is 4.72. The first-order valence-corrected chi connectivity index (χ1v) is 11.4. The lowest BCUT2D eigenvalue weighted by atomic mass is 10.1. The van der Waals surface area contributed by atoms with Crippen LogP contribution in [-0.4, -0.2) is 52.0 Å². The number of nitrogens with zero attached hydrogens (tertiary/aromatic N) is 2. The Morgan fingerprint density at radius 3 is 2.77 bits per heavy atom. The maximum atomic E-state index is 14.5. The first kappa shape index (κ1) is 22.8. The van der Waals surface area contributed by atoms with Gasteiger partial charge in [-0.1, -0.05) is 5.92 Å². The summed E-state index contributed by atoms with van der Waals surface area (Å²) < 4.78 is 38.2. The smallest absolute Gasteiger partial charge is 0.264 e. The molecule has 164 valence electrons. The number of fused-ring (bicyclic) bond motifs is 1. The highest BCUT2D eigenvalue weighted by atomic mass is 32.2. The number of aliphatic hydroxyl groups excluding tert-OH is 1. The Labute approximate surface area is 179 Å². The second kappa shape index (κ2) is 8.67. The number of benzene rings is 1. The van der Waals surface area contributed by atoms with E-state index in [2.05, 4.69) is 28.8 Å². The monoisotopic (exact) mass is 447 g/mol. The summed E-state index contributed by atoms with van der Waals surface area (Å²) in [7, 11) is -3.85. The highest BCUT2D eigenvalue weighted by molar-refractivity contribution is 7.92. The maximum Gasteiger partial charge on any atom is 0.264 e. The van der Waals surface area contributed by atoms with Crippen molar-refractivity contribution in [1.82, 2.24) is 15.3 Å². The number of sulfone groups is 1. The van der Waals surface area contributed by atoms with Crippen LogP contribution in [0.5, 0.6) is 0 Å². The number of aryl methyl sites for hydroxylation is 1. The minimum absolute atomic E-state index is 0.00381. The van der Waals surface area contributed by atoms with Gasteiger partial charge in [-0.2, -0.15) is 5.10 Å². The molecule has 1 aromatic heterocycles. The predicted octanol–water partition coefficient (Wildman–Crippen LogP) is 0.858. The number of carbonyl (C=O) groups excluding carboxylic acids is 1. The molecule has 3 N–H and O–H groups in total. The van der Waals surface area contributed by atoms with Crippen molar-refractivity contribution < 1.29 is 27.9 Å². The van der Waals surface area contributed by atoms with Crippen molar-refractivity contribution in [3.8, 4) is 23.7 Å². The second-order valence-corrected chi connectivity index (χ2v) is 10.2. The summed E-state index contributed by atoms with van der Waals surface area (Å²) in [4.78, 5) is 11.9. The molecule has 1 aliphatic rings. The zero-order valence-electron chi connectivity index (χ0n) is 17.0. The Kier molecular flexibility index (Phi) is 6.37. The molecule has 1 saturated carbocycles. The molecular weight excluding hydrogens is 425 g/mol. The number of aromatic nitrogens is 2. The van der Waals surface area contributed by atoms with Gasteiger partial charge >= 0.3 is 0 Å². The van der Waals surface area contributed by atoms with Crippen LogP contribution < -0.4 is 5.48 Å². The number of amides is 1. The molecule has 0 bridgehead atoms. The molecule has 1 aliphatic carbocycles.